The Morgan fingerprint density at radius 2 is 1.67 bits per heavy atom. The van der Waals surface area contributed by atoms with Crippen LogP contribution < -0.4 is 0 Å². The SMILES string of the molecule is CC.COC(=O)c1ccc(Cn2nc(-c3ccccc3)cc2C(=O)O)cc1. The monoisotopic (exact) mass is 366 g/mol. The van der Waals surface area contributed by atoms with Crippen LogP contribution in [0, 0.1) is 0 Å². The predicted octanol–water partition coefficient (Wildman–Crippen LogP) is 4.11. The van der Waals surface area contributed by atoms with Gasteiger partial charge in [0.05, 0.1) is 24.9 Å². The zero-order valence-electron chi connectivity index (χ0n) is 15.5. The molecule has 6 heteroatoms. The zero-order chi connectivity index (χ0) is 19.8. The number of aromatic nitrogens is 2. The van der Waals surface area contributed by atoms with Crippen LogP contribution in [0.2, 0.25) is 0 Å². The van der Waals surface area contributed by atoms with Crippen molar-refractivity contribution in [3.05, 3.63) is 77.5 Å². The van der Waals surface area contributed by atoms with Crippen LogP contribution in [0.5, 0.6) is 0 Å². The van der Waals surface area contributed by atoms with Gasteiger partial charge in [-0.3, -0.25) is 4.68 Å². The molecule has 0 fully saturated rings. The summed E-state index contributed by atoms with van der Waals surface area (Å²) >= 11 is 0. The number of methoxy groups -OCH3 is 1. The summed E-state index contributed by atoms with van der Waals surface area (Å²) < 4.78 is 6.11. The van der Waals surface area contributed by atoms with E-state index < -0.39 is 11.9 Å². The van der Waals surface area contributed by atoms with Crippen molar-refractivity contribution in [1.82, 2.24) is 9.78 Å². The molecule has 0 aliphatic carbocycles. The number of hydrogen-bond donors (Lipinski definition) is 1. The number of carbonyl (C=O) groups is 2. The van der Waals surface area contributed by atoms with E-state index in [1.54, 1.807) is 30.3 Å². The molecular formula is C21H22N2O4. The molecule has 2 aromatic carbocycles. The van der Waals surface area contributed by atoms with Gasteiger partial charge in [-0.15, -0.1) is 0 Å². The van der Waals surface area contributed by atoms with Crippen molar-refractivity contribution in [2.24, 2.45) is 0 Å². The number of carbonyl (C=O) groups excluding carboxylic acids is 1. The van der Waals surface area contributed by atoms with E-state index in [0.717, 1.165) is 11.1 Å². The first kappa shape index (κ1) is 19.9. The molecule has 0 amide bonds. The topological polar surface area (TPSA) is 81.4 Å². The lowest BCUT2D eigenvalue weighted by molar-refractivity contribution is 0.0599. The first-order valence-electron chi connectivity index (χ1n) is 8.62. The molecule has 27 heavy (non-hydrogen) atoms. The Labute approximate surface area is 158 Å². The van der Waals surface area contributed by atoms with Crippen molar-refractivity contribution < 1.29 is 19.4 Å². The maximum absolute atomic E-state index is 11.5. The third-order valence-corrected chi connectivity index (χ3v) is 3.78. The summed E-state index contributed by atoms with van der Waals surface area (Å²) in [5.74, 6) is -1.45. The molecule has 0 saturated carbocycles. The number of esters is 1. The van der Waals surface area contributed by atoms with Crippen molar-refractivity contribution in [3.8, 4) is 11.3 Å². The Bertz CT molecular complexity index is 900. The lowest BCUT2D eigenvalue weighted by atomic mass is 10.1. The summed E-state index contributed by atoms with van der Waals surface area (Å²) in [4.78, 5) is 23.0. The van der Waals surface area contributed by atoms with Crippen molar-refractivity contribution in [1.29, 1.82) is 0 Å². The summed E-state index contributed by atoms with van der Waals surface area (Å²) in [7, 11) is 1.32. The molecule has 0 bridgehead atoms. The molecule has 3 aromatic rings. The quantitative estimate of drug-likeness (QED) is 0.687. The minimum absolute atomic E-state index is 0.107. The molecule has 0 radical (unpaired) electrons. The molecule has 0 saturated heterocycles. The molecule has 0 atom stereocenters. The molecular weight excluding hydrogens is 344 g/mol. The van der Waals surface area contributed by atoms with Crippen LogP contribution in [-0.2, 0) is 11.3 Å². The van der Waals surface area contributed by atoms with Crippen LogP contribution in [0.4, 0.5) is 0 Å². The molecule has 1 heterocycles. The van der Waals surface area contributed by atoms with E-state index in [4.69, 9.17) is 0 Å². The van der Waals surface area contributed by atoms with E-state index in [1.165, 1.54) is 11.8 Å². The van der Waals surface area contributed by atoms with Crippen LogP contribution in [0.25, 0.3) is 11.3 Å². The molecule has 3 rings (SSSR count). The predicted molar refractivity (Wildman–Crippen MR) is 103 cm³/mol. The van der Waals surface area contributed by atoms with E-state index in [9.17, 15) is 14.7 Å². The average molecular weight is 366 g/mol. The summed E-state index contributed by atoms with van der Waals surface area (Å²) in [6.07, 6.45) is 0. The van der Waals surface area contributed by atoms with E-state index in [2.05, 4.69) is 9.84 Å². The molecule has 0 aliphatic rings. The highest BCUT2D eigenvalue weighted by Gasteiger charge is 2.15. The lowest BCUT2D eigenvalue weighted by Gasteiger charge is -2.06. The van der Waals surface area contributed by atoms with E-state index in [1.807, 2.05) is 44.2 Å². The minimum Gasteiger partial charge on any atom is -0.477 e. The van der Waals surface area contributed by atoms with Crippen molar-refractivity contribution >= 4 is 11.9 Å². The molecule has 0 unspecified atom stereocenters. The molecule has 1 aromatic heterocycles. The van der Waals surface area contributed by atoms with Gasteiger partial charge in [0.25, 0.3) is 0 Å². The van der Waals surface area contributed by atoms with Crippen molar-refractivity contribution in [2.75, 3.05) is 7.11 Å². The number of carboxylic acid groups (broad SMARTS) is 1. The maximum Gasteiger partial charge on any atom is 0.354 e. The van der Waals surface area contributed by atoms with Gasteiger partial charge in [-0.2, -0.15) is 5.10 Å². The van der Waals surface area contributed by atoms with Gasteiger partial charge >= 0.3 is 11.9 Å². The number of benzene rings is 2. The van der Waals surface area contributed by atoms with Crippen LogP contribution in [-0.4, -0.2) is 33.9 Å². The van der Waals surface area contributed by atoms with Gasteiger partial charge in [-0.25, -0.2) is 9.59 Å². The molecule has 0 aliphatic heterocycles. The normalized spacial score (nSPS) is 9.89. The third kappa shape index (κ3) is 4.82. The average Bonchev–Trinajstić information content (AvgIpc) is 3.14. The Balaban J connectivity index is 0.00000126. The molecule has 140 valence electrons. The van der Waals surface area contributed by atoms with Gasteiger partial charge in [0, 0.05) is 5.56 Å². The molecule has 1 N–H and O–H groups in total. The zero-order valence-corrected chi connectivity index (χ0v) is 15.5. The maximum atomic E-state index is 11.5. The van der Waals surface area contributed by atoms with Gasteiger partial charge in [0.2, 0.25) is 0 Å². The smallest absolute Gasteiger partial charge is 0.354 e. The number of hydrogen-bond acceptors (Lipinski definition) is 4. The molecule has 0 spiro atoms. The first-order chi connectivity index (χ1) is 13.1. The highest BCUT2D eigenvalue weighted by Crippen LogP contribution is 2.20. The Morgan fingerprint density at radius 1 is 1.04 bits per heavy atom. The number of carboxylic acids is 1. The van der Waals surface area contributed by atoms with Crippen molar-refractivity contribution in [2.45, 2.75) is 20.4 Å². The number of rotatable bonds is 5. The highest BCUT2D eigenvalue weighted by atomic mass is 16.5. The largest absolute Gasteiger partial charge is 0.477 e. The van der Waals surface area contributed by atoms with Crippen LogP contribution >= 0.6 is 0 Å². The third-order valence-electron chi connectivity index (χ3n) is 3.78. The lowest BCUT2D eigenvalue weighted by Crippen LogP contribution is -2.11. The van der Waals surface area contributed by atoms with Crippen LogP contribution in [0.3, 0.4) is 0 Å². The summed E-state index contributed by atoms with van der Waals surface area (Å²) in [6.45, 7) is 4.29. The van der Waals surface area contributed by atoms with E-state index in [0.29, 0.717) is 11.3 Å². The fraction of sp³-hybridized carbons (Fsp3) is 0.190. The number of nitrogens with zero attached hydrogens (tertiary/aromatic N) is 2. The standard InChI is InChI=1S/C19H16N2O4.C2H6/c1-25-19(24)15-9-7-13(8-10-15)12-21-17(18(22)23)11-16(20-21)14-5-3-2-4-6-14;1-2/h2-11H,12H2,1H3,(H,22,23);1-2H3. The Hall–Kier alpha value is -3.41. The molecule has 6 nitrogen and oxygen atoms in total. The van der Waals surface area contributed by atoms with Gasteiger partial charge in [-0.05, 0) is 23.8 Å². The van der Waals surface area contributed by atoms with Gasteiger partial charge in [0.1, 0.15) is 5.69 Å². The summed E-state index contributed by atoms with van der Waals surface area (Å²) in [5, 5.41) is 13.8. The highest BCUT2D eigenvalue weighted by molar-refractivity contribution is 5.89. The number of aromatic carboxylic acids is 1. The second kappa shape index (κ2) is 9.33. The van der Waals surface area contributed by atoms with Crippen LogP contribution in [0.1, 0.15) is 40.3 Å². The summed E-state index contributed by atoms with van der Waals surface area (Å²) in [6, 6.07) is 17.7. The minimum atomic E-state index is -1.04. The number of ether oxygens (including phenoxy) is 1. The van der Waals surface area contributed by atoms with E-state index >= 15 is 0 Å². The second-order valence-electron chi connectivity index (χ2n) is 5.43. The van der Waals surface area contributed by atoms with Crippen molar-refractivity contribution in [3.63, 3.8) is 0 Å². The van der Waals surface area contributed by atoms with Crippen LogP contribution in [0.15, 0.2) is 60.7 Å². The Morgan fingerprint density at radius 3 is 2.22 bits per heavy atom. The second-order valence-corrected chi connectivity index (χ2v) is 5.43. The van der Waals surface area contributed by atoms with Gasteiger partial charge in [0.15, 0.2) is 0 Å². The Kier molecular flexibility index (Phi) is 6.88. The first-order valence-corrected chi connectivity index (χ1v) is 8.62. The van der Waals surface area contributed by atoms with E-state index in [-0.39, 0.29) is 12.2 Å². The summed E-state index contributed by atoms with van der Waals surface area (Å²) in [5.41, 5.74) is 2.83. The fourth-order valence-electron chi connectivity index (χ4n) is 2.50. The fourth-order valence-corrected chi connectivity index (χ4v) is 2.50. The van der Waals surface area contributed by atoms with Gasteiger partial charge < -0.3 is 9.84 Å². The van der Waals surface area contributed by atoms with Gasteiger partial charge in [-0.1, -0.05) is 56.3 Å².